The Morgan fingerprint density at radius 3 is 2.69 bits per heavy atom. The second-order valence-corrected chi connectivity index (χ2v) is 7.73. The van der Waals surface area contributed by atoms with E-state index in [1.165, 1.54) is 0 Å². The first-order valence-corrected chi connectivity index (χ1v) is 11.1. The molecule has 0 saturated heterocycles. The summed E-state index contributed by atoms with van der Waals surface area (Å²) in [4.78, 5) is 17.0. The molecular weight excluding hydrogens is 426 g/mol. The van der Waals surface area contributed by atoms with Crippen molar-refractivity contribution in [2.24, 2.45) is 4.99 Å². The van der Waals surface area contributed by atoms with Crippen LogP contribution in [0.4, 0.5) is 0 Å². The van der Waals surface area contributed by atoms with Gasteiger partial charge in [0, 0.05) is 5.56 Å². The van der Waals surface area contributed by atoms with Crippen LogP contribution < -0.4 is 9.47 Å². The molecule has 3 aromatic rings. The second-order valence-electron chi connectivity index (χ2n) is 7.33. The van der Waals surface area contributed by atoms with Crippen LogP contribution in [0.15, 0.2) is 65.3 Å². The minimum absolute atomic E-state index is 0.200. The molecule has 1 heterocycles. The van der Waals surface area contributed by atoms with E-state index in [9.17, 15) is 4.79 Å². The lowest BCUT2D eigenvalue weighted by atomic mass is 10.0. The van der Waals surface area contributed by atoms with Gasteiger partial charge in [-0.3, -0.25) is 0 Å². The van der Waals surface area contributed by atoms with E-state index < -0.39 is 5.97 Å². The van der Waals surface area contributed by atoms with E-state index in [-0.39, 0.29) is 11.6 Å². The van der Waals surface area contributed by atoms with Crippen molar-refractivity contribution in [3.05, 3.63) is 76.4 Å². The molecular formula is C26H24ClNO4. The van der Waals surface area contributed by atoms with Crippen molar-refractivity contribution >= 4 is 40.3 Å². The normalized spacial score (nSPS) is 14.5. The SMILES string of the molecule is CCCCOc1c(Cl)cc(/C=C2/N=C(c3cccc4ccccc34)OC2=O)cc1OCC. The third kappa shape index (κ3) is 4.63. The number of ether oxygens (including phenoxy) is 3. The number of benzene rings is 3. The summed E-state index contributed by atoms with van der Waals surface area (Å²) in [6.07, 6.45) is 3.58. The number of fused-ring (bicyclic) bond motifs is 1. The zero-order valence-electron chi connectivity index (χ0n) is 18.1. The number of nitrogens with zero attached hydrogens (tertiary/aromatic N) is 1. The van der Waals surface area contributed by atoms with E-state index in [4.69, 9.17) is 25.8 Å². The van der Waals surface area contributed by atoms with Gasteiger partial charge in [-0.05, 0) is 54.0 Å². The maximum Gasteiger partial charge on any atom is 0.363 e. The Labute approximate surface area is 192 Å². The molecule has 4 rings (SSSR count). The van der Waals surface area contributed by atoms with Gasteiger partial charge in [0.2, 0.25) is 5.90 Å². The molecule has 164 valence electrons. The van der Waals surface area contributed by atoms with E-state index in [0.29, 0.717) is 35.3 Å². The van der Waals surface area contributed by atoms with Gasteiger partial charge < -0.3 is 14.2 Å². The Hall–Kier alpha value is -3.31. The predicted octanol–water partition coefficient (Wildman–Crippen LogP) is 6.42. The first-order valence-electron chi connectivity index (χ1n) is 10.7. The highest BCUT2D eigenvalue weighted by Gasteiger charge is 2.25. The van der Waals surface area contributed by atoms with Crippen LogP contribution in [0.2, 0.25) is 5.02 Å². The number of halogens is 1. The number of unbranched alkanes of at least 4 members (excludes halogenated alkanes) is 1. The maximum atomic E-state index is 12.5. The van der Waals surface area contributed by atoms with Crippen molar-refractivity contribution in [2.75, 3.05) is 13.2 Å². The van der Waals surface area contributed by atoms with Gasteiger partial charge in [0.1, 0.15) is 0 Å². The van der Waals surface area contributed by atoms with Crippen molar-refractivity contribution in [2.45, 2.75) is 26.7 Å². The van der Waals surface area contributed by atoms with Crippen LogP contribution in [-0.4, -0.2) is 25.1 Å². The smallest absolute Gasteiger partial charge is 0.363 e. The van der Waals surface area contributed by atoms with E-state index in [1.54, 1.807) is 18.2 Å². The molecule has 0 unspecified atom stereocenters. The Morgan fingerprint density at radius 1 is 1.06 bits per heavy atom. The summed E-state index contributed by atoms with van der Waals surface area (Å²) in [6.45, 7) is 5.01. The van der Waals surface area contributed by atoms with Crippen LogP contribution in [-0.2, 0) is 9.53 Å². The maximum absolute atomic E-state index is 12.5. The molecule has 0 aromatic heterocycles. The van der Waals surface area contributed by atoms with Gasteiger partial charge in [-0.1, -0.05) is 61.3 Å². The molecule has 5 nitrogen and oxygen atoms in total. The van der Waals surface area contributed by atoms with Crippen LogP contribution in [0.1, 0.15) is 37.8 Å². The number of carbonyl (C=O) groups is 1. The standard InChI is InChI=1S/C26H24ClNO4/c1-3-5-13-31-24-21(27)14-17(16-23(24)30-4-2)15-22-26(29)32-25(28-22)20-12-8-10-18-9-6-7-11-19(18)20/h6-12,14-16H,3-5,13H2,1-2H3/b22-15+. The summed E-state index contributed by atoms with van der Waals surface area (Å²) in [5, 5.41) is 2.44. The molecule has 0 N–H and O–H groups in total. The Balaban J connectivity index is 1.68. The fraction of sp³-hybridized carbons (Fsp3) is 0.231. The molecule has 0 atom stereocenters. The molecule has 0 spiro atoms. The van der Waals surface area contributed by atoms with Crippen LogP contribution in [0.3, 0.4) is 0 Å². The van der Waals surface area contributed by atoms with Crippen LogP contribution >= 0.6 is 11.6 Å². The lowest BCUT2D eigenvalue weighted by Gasteiger charge is -2.14. The molecule has 6 heteroatoms. The minimum Gasteiger partial charge on any atom is -0.490 e. The molecule has 0 bridgehead atoms. The fourth-order valence-electron chi connectivity index (χ4n) is 3.49. The molecule has 1 aliphatic rings. The largest absolute Gasteiger partial charge is 0.490 e. The second kappa shape index (κ2) is 9.88. The number of esters is 1. The molecule has 0 fully saturated rings. The number of cyclic esters (lactones) is 1. The van der Waals surface area contributed by atoms with Crippen molar-refractivity contribution in [1.29, 1.82) is 0 Å². The van der Waals surface area contributed by atoms with E-state index in [1.807, 2.05) is 49.4 Å². The topological polar surface area (TPSA) is 57.1 Å². The van der Waals surface area contributed by atoms with Gasteiger partial charge in [0.25, 0.3) is 0 Å². The fourth-order valence-corrected chi connectivity index (χ4v) is 3.76. The highest BCUT2D eigenvalue weighted by Crippen LogP contribution is 2.38. The molecule has 0 aliphatic carbocycles. The zero-order valence-corrected chi connectivity index (χ0v) is 18.8. The van der Waals surface area contributed by atoms with Crippen molar-refractivity contribution < 1.29 is 19.0 Å². The third-order valence-corrected chi connectivity index (χ3v) is 5.30. The zero-order chi connectivity index (χ0) is 22.5. The average Bonchev–Trinajstić information content (AvgIpc) is 3.15. The van der Waals surface area contributed by atoms with Gasteiger partial charge in [-0.25, -0.2) is 9.79 Å². The summed E-state index contributed by atoms with van der Waals surface area (Å²) >= 11 is 6.47. The Morgan fingerprint density at radius 2 is 1.88 bits per heavy atom. The highest BCUT2D eigenvalue weighted by atomic mass is 35.5. The van der Waals surface area contributed by atoms with Gasteiger partial charge in [0.15, 0.2) is 17.2 Å². The molecule has 3 aromatic carbocycles. The lowest BCUT2D eigenvalue weighted by molar-refractivity contribution is -0.129. The number of rotatable bonds is 8. The minimum atomic E-state index is -0.509. The van der Waals surface area contributed by atoms with Crippen molar-refractivity contribution in [3.8, 4) is 11.5 Å². The predicted molar refractivity (Wildman–Crippen MR) is 128 cm³/mol. The van der Waals surface area contributed by atoms with E-state index >= 15 is 0 Å². The van der Waals surface area contributed by atoms with Gasteiger partial charge in [-0.2, -0.15) is 0 Å². The summed E-state index contributed by atoms with van der Waals surface area (Å²) in [5.41, 5.74) is 1.65. The number of hydrogen-bond donors (Lipinski definition) is 0. The van der Waals surface area contributed by atoms with Crippen molar-refractivity contribution in [3.63, 3.8) is 0 Å². The first-order chi connectivity index (χ1) is 15.6. The van der Waals surface area contributed by atoms with Crippen LogP contribution in [0, 0.1) is 0 Å². The monoisotopic (exact) mass is 449 g/mol. The quantitative estimate of drug-likeness (QED) is 0.226. The molecule has 0 amide bonds. The Bertz CT molecular complexity index is 1210. The first kappa shape index (κ1) is 21.9. The van der Waals surface area contributed by atoms with Crippen LogP contribution in [0.25, 0.3) is 16.8 Å². The molecule has 1 aliphatic heterocycles. The van der Waals surface area contributed by atoms with Gasteiger partial charge in [0.05, 0.1) is 18.2 Å². The van der Waals surface area contributed by atoms with Crippen molar-refractivity contribution in [1.82, 2.24) is 0 Å². The summed E-state index contributed by atoms with van der Waals surface area (Å²) < 4.78 is 17.0. The average molecular weight is 450 g/mol. The van der Waals surface area contributed by atoms with Gasteiger partial charge >= 0.3 is 5.97 Å². The van der Waals surface area contributed by atoms with E-state index in [2.05, 4.69) is 11.9 Å². The van der Waals surface area contributed by atoms with Gasteiger partial charge in [-0.15, -0.1) is 0 Å². The summed E-state index contributed by atoms with van der Waals surface area (Å²) in [5.74, 6) is 0.824. The highest BCUT2D eigenvalue weighted by molar-refractivity contribution is 6.32. The Kier molecular flexibility index (Phi) is 6.76. The van der Waals surface area contributed by atoms with E-state index in [0.717, 1.165) is 29.2 Å². The number of carbonyl (C=O) groups excluding carboxylic acids is 1. The summed E-state index contributed by atoms with van der Waals surface area (Å²) in [6, 6.07) is 17.2. The third-order valence-electron chi connectivity index (χ3n) is 5.02. The molecule has 0 radical (unpaired) electrons. The number of aliphatic imine (C=N–C) groups is 1. The number of hydrogen-bond acceptors (Lipinski definition) is 5. The molecule has 32 heavy (non-hydrogen) atoms. The van der Waals surface area contributed by atoms with Crippen LogP contribution in [0.5, 0.6) is 11.5 Å². The summed E-state index contributed by atoms with van der Waals surface area (Å²) in [7, 11) is 0. The lowest BCUT2D eigenvalue weighted by Crippen LogP contribution is -2.06. The molecule has 0 saturated carbocycles.